The van der Waals surface area contributed by atoms with Gasteiger partial charge in [-0.2, -0.15) is 0 Å². The Morgan fingerprint density at radius 3 is 2.45 bits per heavy atom. The highest BCUT2D eigenvalue weighted by atomic mass is 16.2. The summed E-state index contributed by atoms with van der Waals surface area (Å²) in [5.41, 5.74) is 5.49. The summed E-state index contributed by atoms with van der Waals surface area (Å²) >= 11 is 0. The fraction of sp³-hybridized carbons (Fsp3) is 0.500. The van der Waals surface area contributed by atoms with E-state index in [9.17, 15) is 9.59 Å². The molecule has 0 saturated carbocycles. The molecule has 1 aliphatic heterocycles. The molecular weight excluding hydrogens is 260 g/mol. The van der Waals surface area contributed by atoms with Gasteiger partial charge in [0.05, 0.1) is 0 Å². The molecule has 0 spiro atoms. The van der Waals surface area contributed by atoms with E-state index in [0.29, 0.717) is 19.6 Å². The Bertz CT molecular complexity index is 458. The Kier molecular flexibility index (Phi) is 4.97. The predicted octanol–water partition coefficient (Wildman–Crippen LogP) is -1.48. The van der Waals surface area contributed by atoms with E-state index in [0.717, 1.165) is 19.6 Å². The lowest BCUT2D eigenvalue weighted by Gasteiger charge is -2.33. The van der Waals surface area contributed by atoms with Gasteiger partial charge in [-0.15, -0.1) is 0 Å². The number of nitrogens with two attached hydrogens (primary N) is 1. The van der Waals surface area contributed by atoms with Crippen molar-refractivity contribution in [2.75, 3.05) is 44.6 Å². The van der Waals surface area contributed by atoms with Crippen molar-refractivity contribution < 1.29 is 9.59 Å². The molecule has 2 amide bonds. The van der Waals surface area contributed by atoms with E-state index >= 15 is 0 Å². The molecule has 8 heteroatoms. The van der Waals surface area contributed by atoms with Crippen LogP contribution in [0.3, 0.4) is 0 Å². The largest absolute Gasteiger partial charge is 0.332 e. The van der Waals surface area contributed by atoms with Gasteiger partial charge in [0, 0.05) is 51.7 Å². The first-order valence-corrected chi connectivity index (χ1v) is 6.50. The molecule has 1 aromatic rings. The zero-order valence-electron chi connectivity index (χ0n) is 11.2. The van der Waals surface area contributed by atoms with E-state index in [1.54, 1.807) is 6.07 Å². The first-order chi connectivity index (χ1) is 9.70. The van der Waals surface area contributed by atoms with Crippen molar-refractivity contribution in [2.45, 2.75) is 0 Å². The first kappa shape index (κ1) is 14.4. The highest BCUT2D eigenvalue weighted by molar-refractivity contribution is 6.39. The molecule has 2 rings (SSSR count). The highest BCUT2D eigenvalue weighted by Gasteiger charge is 2.26. The number of carbonyl (C=O) groups is 2. The van der Waals surface area contributed by atoms with Crippen LogP contribution in [0.5, 0.6) is 0 Å². The third-order valence-corrected chi connectivity index (χ3v) is 3.09. The molecule has 20 heavy (non-hydrogen) atoms. The number of hydrogen-bond acceptors (Lipinski definition) is 6. The van der Waals surface area contributed by atoms with Gasteiger partial charge in [0.25, 0.3) is 0 Å². The van der Waals surface area contributed by atoms with Crippen LogP contribution < -0.4 is 11.1 Å². The van der Waals surface area contributed by atoms with E-state index in [-0.39, 0.29) is 5.95 Å². The summed E-state index contributed by atoms with van der Waals surface area (Å²) < 4.78 is 0. The topological polar surface area (TPSA) is 104 Å². The van der Waals surface area contributed by atoms with Crippen LogP contribution in [0.25, 0.3) is 0 Å². The number of rotatable bonds is 3. The molecule has 1 fully saturated rings. The lowest BCUT2D eigenvalue weighted by Crippen LogP contribution is -2.52. The molecule has 0 atom stereocenters. The van der Waals surface area contributed by atoms with Gasteiger partial charge < -0.3 is 10.6 Å². The van der Waals surface area contributed by atoms with E-state index in [4.69, 9.17) is 5.73 Å². The third-order valence-electron chi connectivity index (χ3n) is 3.09. The van der Waals surface area contributed by atoms with Crippen molar-refractivity contribution in [3.05, 3.63) is 18.5 Å². The molecule has 0 unspecified atom stereocenters. The molecule has 1 aliphatic rings. The first-order valence-electron chi connectivity index (χ1n) is 6.50. The average molecular weight is 278 g/mol. The van der Waals surface area contributed by atoms with E-state index in [2.05, 4.69) is 20.2 Å². The lowest BCUT2D eigenvalue weighted by atomic mass is 10.3. The standard InChI is InChI=1S/C12H18N6O2/c13-2-5-17-6-8-18(9-7-17)11(20)10(19)16-12-14-3-1-4-15-12/h1,3-4H,2,5-9,13H2,(H,14,15,16,19). The van der Waals surface area contributed by atoms with Crippen LogP contribution in [0.15, 0.2) is 18.5 Å². The second-order valence-electron chi connectivity index (χ2n) is 4.45. The summed E-state index contributed by atoms with van der Waals surface area (Å²) in [5, 5.41) is 2.39. The van der Waals surface area contributed by atoms with Gasteiger partial charge >= 0.3 is 11.8 Å². The van der Waals surface area contributed by atoms with Gasteiger partial charge in [0.2, 0.25) is 5.95 Å². The van der Waals surface area contributed by atoms with E-state index in [1.165, 1.54) is 17.3 Å². The number of hydrogen-bond donors (Lipinski definition) is 2. The van der Waals surface area contributed by atoms with Gasteiger partial charge in [-0.25, -0.2) is 9.97 Å². The molecule has 3 N–H and O–H groups in total. The monoisotopic (exact) mass is 278 g/mol. The minimum Gasteiger partial charge on any atom is -0.332 e. The summed E-state index contributed by atoms with van der Waals surface area (Å²) in [6, 6.07) is 1.63. The molecule has 8 nitrogen and oxygen atoms in total. The molecule has 0 bridgehead atoms. The van der Waals surface area contributed by atoms with E-state index < -0.39 is 11.8 Å². The van der Waals surface area contributed by atoms with Crippen LogP contribution in [0.1, 0.15) is 0 Å². The summed E-state index contributed by atoms with van der Waals surface area (Å²) in [5.74, 6) is -1.12. The number of nitrogens with zero attached hydrogens (tertiary/aromatic N) is 4. The van der Waals surface area contributed by atoms with Crippen LogP contribution in [0.2, 0.25) is 0 Å². The maximum atomic E-state index is 12.0. The van der Waals surface area contributed by atoms with Crippen LogP contribution in [-0.2, 0) is 9.59 Å². The second-order valence-corrected chi connectivity index (χ2v) is 4.45. The van der Waals surface area contributed by atoms with Crippen LogP contribution >= 0.6 is 0 Å². The van der Waals surface area contributed by atoms with Crippen molar-refractivity contribution in [1.29, 1.82) is 0 Å². The molecule has 2 heterocycles. The Balaban J connectivity index is 1.84. The molecular formula is C12H18N6O2. The number of aromatic nitrogens is 2. The fourth-order valence-electron chi connectivity index (χ4n) is 2.02. The molecule has 1 saturated heterocycles. The summed E-state index contributed by atoms with van der Waals surface area (Å²) in [4.78, 5) is 35.2. The molecule has 0 radical (unpaired) electrons. The van der Waals surface area contributed by atoms with Gasteiger partial charge in [-0.1, -0.05) is 0 Å². The fourth-order valence-corrected chi connectivity index (χ4v) is 2.02. The highest BCUT2D eigenvalue weighted by Crippen LogP contribution is 2.03. The summed E-state index contributed by atoms with van der Waals surface area (Å²) in [6.07, 6.45) is 3.00. The quantitative estimate of drug-likeness (QED) is 0.653. The zero-order chi connectivity index (χ0) is 14.4. The van der Waals surface area contributed by atoms with Crippen molar-refractivity contribution in [3.8, 4) is 0 Å². The Morgan fingerprint density at radius 1 is 1.20 bits per heavy atom. The minimum atomic E-state index is -0.705. The van der Waals surface area contributed by atoms with Gasteiger partial charge in [0.1, 0.15) is 0 Å². The number of carbonyl (C=O) groups excluding carboxylic acids is 2. The van der Waals surface area contributed by atoms with Crippen molar-refractivity contribution in [3.63, 3.8) is 0 Å². The molecule has 0 aliphatic carbocycles. The number of piperazine rings is 1. The molecule has 108 valence electrons. The van der Waals surface area contributed by atoms with Crippen LogP contribution in [0.4, 0.5) is 5.95 Å². The normalized spacial score (nSPS) is 15.9. The summed E-state index contributed by atoms with van der Waals surface area (Å²) in [6.45, 7) is 3.94. The maximum absolute atomic E-state index is 12.0. The second kappa shape index (κ2) is 6.92. The molecule has 0 aromatic carbocycles. The zero-order valence-corrected chi connectivity index (χ0v) is 11.2. The number of nitrogens with one attached hydrogen (secondary N) is 1. The van der Waals surface area contributed by atoms with Crippen molar-refractivity contribution >= 4 is 17.8 Å². The van der Waals surface area contributed by atoms with Gasteiger partial charge in [-0.3, -0.25) is 19.8 Å². The maximum Gasteiger partial charge on any atom is 0.316 e. The van der Waals surface area contributed by atoms with Crippen LogP contribution in [0, 0.1) is 0 Å². The number of amides is 2. The SMILES string of the molecule is NCCN1CCN(C(=O)C(=O)Nc2ncccn2)CC1. The number of anilines is 1. The van der Waals surface area contributed by atoms with Gasteiger partial charge in [-0.05, 0) is 6.07 Å². The van der Waals surface area contributed by atoms with Crippen LogP contribution in [-0.4, -0.2) is 70.9 Å². The third kappa shape index (κ3) is 3.72. The smallest absolute Gasteiger partial charge is 0.316 e. The van der Waals surface area contributed by atoms with Gasteiger partial charge in [0.15, 0.2) is 0 Å². The van der Waals surface area contributed by atoms with Crippen molar-refractivity contribution in [1.82, 2.24) is 19.8 Å². The van der Waals surface area contributed by atoms with E-state index in [1.807, 2.05) is 0 Å². The van der Waals surface area contributed by atoms with Crippen molar-refractivity contribution in [2.24, 2.45) is 5.73 Å². The Labute approximate surface area is 117 Å². The Hall–Kier alpha value is -2.06. The minimum absolute atomic E-state index is 0.132. The molecule has 1 aromatic heterocycles. The average Bonchev–Trinajstić information content (AvgIpc) is 2.48. The predicted molar refractivity (Wildman–Crippen MR) is 72.7 cm³/mol. The summed E-state index contributed by atoms with van der Waals surface area (Å²) in [7, 11) is 0. The Morgan fingerprint density at radius 2 is 1.85 bits per heavy atom. The lowest BCUT2D eigenvalue weighted by molar-refractivity contribution is -0.144.